The highest BCUT2D eigenvalue weighted by atomic mass is 19.1. The van der Waals surface area contributed by atoms with Crippen LogP contribution in [-0.2, 0) is 21.6 Å². The molecule has 1 aliphatic carbocycles. The lowest BCUT2D eigenvalue weighted by Crippen LogP contribution is -2.45. The number of nitrogens with two attached hydrogens (primary N) is 1. The van der Waals surface area contributed by atoms with Gasteiger partial charge in [0.1, 0.15) is 34.5 Å². The first-order valence-corrected chi connectivity index (χ1v) is 13.8. The van der Waals surface area contributed by atoms with Crippen molar-refractivity contribution in [1.82, 2.24) is 9.97 Å². The molecule has 218 valence electrons. The van der Waals surface area contributed by atoms with Gasteiger partial charge in [0.25, 0.3) is 0 Å². The molecule has 10 heteroatoms. The van der Waals surface area contributed by atoms with Crippen LogP contribution in [0.5, 0.6) is 0 Å². The van der Waals surface area contributed by atoms with Crippen molar-refractivity contribution in [3.63, 3.8) is 0 Å². The van der Waals surface area contributed by atoms with Crippen LogP contribution in [0.15, 0.2) is 42.7 Å². The summed E-state index contributed by atoms with van der Waals surface area (Å²) in [5, 5.41) is 0. The van der Waals surface area contributed by atoms with Crippen molar-refractivity contribution in [2.45, 2.75) is 62.8 Å². The standard InChI is InChI=1S/C31H33F4N3O3/c1-17-11-18(12-25(36)30(17)40-2)21-5-8-37-16-19(21)13-27(39)26-4-3-22(32)29(38-26)28-23(33)14-20(15-24(28)34)31(35)6-9-41-10-7-31/h3-5,8,14-18,25,30H,6-7,9-13,36H2,1-2H3/t17-,18+,25+,30+/m0/s1. The number of benzene rings is 1. The van der Waals surface area contributed by atoms with Crippen LogP contribution in [0.1, 0.15) is 65.7 Å². The van der Waals surface area contributed by atoms with Crippen molar-refractivity contribution in [1.29, 1.82) is 0 Å². The normalized spacial score (nSPS) is 24.3. The summed E-state index contributed by atoms with van der Waals surface area (Å²) in [5.74, 6) is -3.50. The van der Waals surface area contributed by atoms with Gasteiger partial charge in [0.05, 0.1) is 11.7 Å². The molecule has 2 fully saturated rings. The van der Waals surface area contributed by atoms with Gasteiger partial charge >= 0.3 is 0 Å². The average molecular weight is 572 g/mol. The minimum absolute atomic E-state index is 0.0448. The molecular weight excluding hydrogens is 538 g/mol. The van der Waals surface area contributed by atoms with E-state index < -0.39 is 40.2 Å². The Labute approximate surface area is 236 Å². The van der Waals surface area contributed by atoms with Gasteiger partial charge in [0.2, 0.25) is 0 Å². The molecule has 1 saturated carbocycles. The Hall–Kier alpha value is -3.21. The number of Topliss-reactive ketones (excluding diaryl/α,β-unsaturated/α-hetero) is 1. The highest BCUT2D eigenvalue weighted by molar-refractivity contribution is 5.96. The molecule has 1 saturated heterocycles. The van der Waals surface area contributed by atoms with E-state index in [4.69, 9.17) is 15.2 Å². The van der Waals surface area contributed by atoms with Crippen LogP contribution in [0.25, 0.3) is 11.3 Å². The fraction of sp³-hybridized carbons (Fsp3) is 0.452. The summed E-state index contributed by atoms with van der Waals surface area (Å²) < 4.78 is 71.3. The third kappa shape index (κ3) is 5.91. The van der Waals surface area contributed by atoms with Gasteiger partial charge in [0, 0.05) is 58.0 Å². The number of rotatable bonds is 7. The summed E-state index contributed by atoms with van der Waals surface area (Å²) in [7, 11) is 1.65. The number of hydrogen-bond acceptors (Lipinski definition) is 6. The number of carbonyl (C=O) groups excluding carboxylic acids is 1. The van der Waals surface area contributed by atoms with Crippen molar-refractivity contribution in [3.8, 4) is 11.3 Å². The van der Waals surface area contributed by atoms with E-state index in [2.05, 4.69) is 16.9 Å². The van der Waals surface area contributed by atoms with E-state index in [1.165, 1.54) is 6.07 Å². The molecule has 5 rings (SSSR count). The number of pyridine rings is 2. The lowest BCUT2D eigenvalue weighted by Gasteiger charge is -2.38. The largest absolute Gasteiger partial charge is 0.381 e. The number of aromatic nitrogens is 2. The molecule has 1 aliphatic heterocycles. The van der Waals surface area contributed by atoms with E-state index in [0.717, 1.165) is 30.2 Å². The van der Waals surface area contributed by atoms with E-state index in [1.54, 1.807) is 19.5 Å². The Morgan fingerprint density at radius 3 is 2.46 bits per heavy atom. The summed E-state index contributed by atoms with van der Waals surface area (Å²) in [6.07, 6.45) is 4.53. The average Bonchev–Trinajstić information content (AvgIpc) is 2.94. The number of halogens is 4. The van der Waals surface area contributed by atoms with Crippen LogP contribution < -0.4 is 5.73 Å². The zero-order valence-electron chi connectivity index (χ0n) is 23.0. The predicted molar refractivity (Wildman–Crippen MR) is 145 cm³/mol. The number of hydrogen-bond donors (Lipinski definition) is 1. The van der Waals surface area contributed by atoms with E-state index >= 15 is 13.2 Å². The zero-order valence-corrected chi connectivity index (χ0v) is 23.0. The number of methoxy groups -OCH3 is 1. The van der Waals surface area contributed by atoms with Gasteiger partial charge in [-0.2, -0.15) is 0 Å². The van der Waals surface area contributed by atoms with Crippen molar-refractivity contribution in [2.24, 2.45) is 11.7 Å². The molecule has 3 heterocycles. The first kappa shape index (κ1) is 29.3. The molecule has 4 atom stereocenters. The van der Waals surface area contributed by atoms with Gasteiger partial charge in [-0.05, 0) is 71.7 Å². The van der Waals surface area contributed by atoms with Crippen LogP contribution in [-0.4, -0.2) is 48.2 Å². The molecule has 2 N–H and O–H groups in total. The second-order valence-electron chi connectivity index (χ2n) is 11.1. The molecule has 41 heavy (non-hydrogen) atoms. The first-order chi connectivity index (χ1) is 19.6. The van der Waals surface area contributed by atoms with Crippen LogP contribution in [0.2, 0.25) is 0 Å². The Bertz CT molecular complexity index is 1390. The Morgan fingerprint density at radius 2 is 1.80 bits per heavy atom. The second kappa shape index (κ2) is 12.0. The summed E-state index contributed by atoms with van der Waals surface area (Å²) in [6.45, 7) is 2.33. The Balaban J connectivity index is 1.41. The summed E-state index contributed by atoms with van der Waals surface area (Å²) >= 11 is 0. The molecule has 0 radical (unpaired) electrons. The van der Waals surface area contributed by atoms with E-state index in [-0.39, 0.29) is 67.7 Å². The predicted octanol–water partition coefficient (Wildman–Crippen LogP) is 5.82. The summed E-state index contributed by atoms with van der Waals surface area (Å²) in [4.78, 5) is 21.6. The Morgan fingerprint density at radius 1 is 1.10 bits per heavy atom. The molecular formula is C31H33F4N3O3. The minimum Gasteiger partial charge on any atom is -0.381 e. The lowest BCUT2D eigenvalue weighted by atomic mass is 9.73. The molecule has 0 unspecified atom stereocenters. The van der Waals surface area contributed by atoms with E-state index in [1.807, 2.05) is 6.07 Å². The van der Waals surface area contributed by atoms with Crippen LogP contribution in [0, 0.1) is 23.4 Å². The van der Waals surface area contributed by atoms with Gasteiger partial charge in [-0.25, -0.2) is 22.5 Å². The quantitative estimate of drug-likeness (QED) is 0.284. The number of ether oxygens (including phenoxy) is 2. The minimum atomic E-state index is -1.95. The van der Waals surface area contributed by atoms with Crippen LogP contribution in [0.4, 0.5) is 17.6 Å². The smallest absolute Gasteiger partial charge is 0.185 e. The molecule has 1 aromatic carbocycles. The molecule has 2 aromatic heterocycles. The molecule has 2 aliphatic rings. The van der Waals surface area contributed by atoms with Gasteiger partial charge in [-0.3, -0.25) is 9.78 Å². The van der Waals surface area contributed by atoms with Crippen LogP contribution >= 0.6 is 0 Å². The maximum atomic E-state index is 15.3. The monoisotopic (exact) mass is 571 g/mol. The van der Waals surface area contributed by atoms with E-state index in [9.17, 15) is 9.18 Å². The number of ketones is 1. The topological polar surface area (TPSA) is 87.3 Å². The van der Waals surface area contributed by atoms with Crippen molar-refractivity contribution >= 4 is 5.78 Å². The molecule has 3 aromatic rings. The van der Waals surface area contributed by atoms with Crippen molar-refractivity contribution in [2.75, 3.05) is 20.3 Å². The van der Waals surface area contributed by atoms with Gasteiger partial charge in [0.15, 0.2) is 5.78 Å². The molecule has 0 spiro atoms. The number of alkyl halides is 1. The maximum Gasteiger partial charge on any atom is 0.185 e. The summed E-state index contributed by atoms with van der Waals surface area (Å²) in [6, 6.07) is 5.57. The highest BCUT2D eigenvalue weighted by Gasteiger charge is 2.37. The van der Waals surface area contributed by atoms with Crippen LogP contribution in [0.3, 0.4) is 0 Å². The second-order valence-corrected chi connectivity index (χ2v) is 11.1. The van der Waals surface area contributed by atoms with Gasteiger partial charge < -0.3 is 15.2 Å². The molecule has 6 nitrogen and oxygen atoms in total. The highest BCUT2D eigenvalue weighted by Crippen LogP contribution is 2.40. The number of carbonyl (C=O) groups is 1. The zero-order chi connectivity index (χ0) is 29.3. The van der Waals surface area contributed by atoms with Gasteiger partial charge in [-0.1, -0.05) is 6.92 Å². The summed E-state index contributed by atoms with van der Waals surface area (Å²) in [5.41, 5.74) is 4.31. The SMILES string of the molecule is CO[C@H]1[C@H](N)C[C@H](c2ccncc2CC(=O)c2ccc(F)c(-c3c(F)cc(C4(F)CCOCC4)cc3F)n2)C[C@@H]1C. The number of nitrogens with zero attached hydrogens (tertiary/aromatic N) is 2. The fourth-order valence-electron chi connectivity index (χ4n) is 6.29. The Kier molecular flexibility index (Phi) is 8.54. The third-order valence-corrected chi connectivity index (χ3v) is 8.41. The van der Waals surface area contributed by atoms with Crippen molar-refractivity contribution < 1.29 is 31.8 Å². The molecule has 0 amide bonds. The maximum absolute atomic E-state index is 15.3. The van der Waals surface area contributed by atoms with Gasteiger partial charge in [-0.15, -0.1) is 0 Å². The molecule has 0 bridgehead atoms. The van der Waals surface area contributed by atoms with Crippen molar-refractivity contribution in [3.05, 3.63) is 82.6 Å². The first-order valence-electron chi connectivity index (χ1n) is 13.8. The fourth-order valence-corrected chi connectivity index (χ4v) is 6.29. The van der Waals surface area contributed by atoms with E-state index in [0.29, 0.717) is 12.0 Å². The third-order valence-electron chi connectivity index (χ3n) is 8.41. The lowest BCUT2D eigenvalue weighted by molar-refractivity contribution is -0.0117.